The first-order valence-corrected chi connectivity index (χ1v) is 9.47. The lowest BCUT2D eigenvalue weighted by Gasteiger charge is -2.01. The molecule has 0 bridgehead atoms. The fourth-order valence-corrected chi connectivity index (χ4v) is 3.69. The van der Waals surface area contributed by atoms with Gasteiger partial charge in [0.2, 0.25) is 0 Å². The molecule has 0 aliphatic heterocycles. The Kier molecular flexibility index (Phi) is 4.85. The Labute approximate surface area is 162 Å². The van der Waals surface area contributed by atoms with Gasteiger partial charge in [-0.05, 0) is 60.4 Å². The zero-order chi connectivity index (χ0) is 18.6. The third-order valence-corrected chi connectivity index (χ3v) is 5.15. The second kappa shape index (κ2) is 7.60. The molecule has 0 atom stereocenters. The summed E-state index contributed by atoms with van der Waals surface area (Å²) in [6.45, 7) is 2.09. The summed E-state index contributed by atoms with van der Waals surface area (Å²) >= 11 is 1.58. The molecule has 0 amide bonds. The SMILES string of the molecule is COc1ccc(Nc2nc(-c3ccccc3)[n+](-c3ccc(C)cc3)s2)cc1. The van der Waals surface area contributed by atoms with Crippen LogP contribution in [0, 0.1) is 6.92 Å². The molecule has 27 heavy (non-hydrogen) atoms. The van der Waals surface area contributed by atoms with E-state index in [1.54, 1.807) is 18.6 Å². The highest BCUT2D eigenvalue weighted by atomic mass is 32.1. The lowest BCUT2D eigenvalue weighted by Crippen LogP contribution is -2.27. The van der Waals surface area contributed by atoms with Crippen molar-refractivity contribution in [2.45, 2.75) is 6.92 Å². The first-order chi connectivity index (χ1) is 13.2. The summed E-state index contributed by atoms with van der Waals surface area (Å²) in [4.78, 5) is 4.86. The summed E-state index contributed by atoms with van der Waals surface area (Å²) in [5.41, 5.74) is 4.39. The highest BCUT2D eigenvalue weighted by molar-refractivity contribution is 7.06. The van der Waals surface area contributed by atoms with Crippen molar-refractivity contribution in [2.75, 3.05) is 12.4 Å². The van der Waals surface area contributed by atoms with Gasteiger partial charge in [0.1, 0.15) is 23.0 Å². The molecule has 1 N–H and O–H groups in total. The number of nitrogens with zero attached hydrogens (tertiary/aromatic N) is 2. The molecule has 0 radical (unpaired) electrons. The number of benzene rings is 3. The monoisotopic (exact) mass is 374 g/mol. The van der Waals surface area contributed by atoms with E-state index in [-0.39, 0.29) is 0 Å². The van der Waals surface area contributed by atoms with Gasteiger partial charge in [-0.15, -0.1) is 3.96 Å². The lowest BCUT2D eigenvalue weighted by atomic mass is 10.2. The highest BCUT2D eigenvalue weighted by Crippen LogP contribution is 2.25. The second-order valence-corrected chi connectivity index (χ2v) is 7.12. The number of nitrogens with one attached hydrogen (secondary N) is 1. The molecule has 0 spiro atoms. The quantitative estimate of drug-likeness (QED) is 0.491. The Morgan fingerprint density at radius 2 is 1.59 bits per heavy atom. The lowest BCUT2D eigenvalue weighted by molar-refractivity contribution is -0.509. The van der Waals surface area contributed by atoms with Crippen molar-refractivity contribution in [3.8, 4) is 22.8 Å². The molecule has 0 saturated carbocycles. The van der Waals surface area contributed by atoms with Gasteiger partial charge in [0.05, 0.1) is 12.7 Å². The summed E-state index contributed by atoms with van der Waals surface area (Å²) in [7, 11) is 1.67. The van der Waals surface area contributed by atoms with E-state index in [0.29, 0.717) is 0 Å². The minimum absolute atomic E-state index is 0.833. The maximum Gasteiger partial charge on any atom is 0.350 e. The molecule has 0 aliphatic carbocycles. The van der Waals surface area contributed by atoms with E-state index >= 15 is 0 Å². The van der Waals surface area contributed by atoms with E-state index < -0.39 is 0 Å². The maximum absolute atomic E-state index is 5.22. The number of methoxy groups -OCH3 is 1. The van der Waals surface area contributed by atoms with Gasteiger partial charge in [-0.25, -0.2) is 0 Å². The molecule has 4 nitrogen and oxygen atoms in total. The molecule has 0 fully saturated rings. The molecule has 0 aliphatic rings. The molecule has 134 valence electrons. The van der Waals surface area contributed by atoms with Crippen molar-refractivity contribution in [2.24, 2.45) is 0 Å². The summed E-state index contributed by atoms with van der Waals surface area (Å²) in [5.74, 6) is 1.75. The molecule has 1 heterocycles. The topological polar surface area (TPSA) is 38.0 Å². The highest BCUT2D eigenvalue weighted by Gasteiger charge is 2.24. The largest absolute Gasteiger partial charge is 0.497 e. The van der Waals surface area contributed by atoms with E-state index in [4.69, 9.17) is 9.72 Å². The number of hydrogen-bond donors (Lipinski definition) is 1. The van der Waals surface area contributed by atoms with E-state index in [1.165, 1.54) is 5.56 Å². The standard InChI is InChI=1S/C22H19N3OS/c1-16-8-12-19(13-9-16)25-21(17-6-4-3-5-7-17)24-22(27-25)23-18-10-14-20(26-2)15-11-18/h3-15H,1-2H3/p+1. The van der Waals surface area contributed by atoms with Crippen LogP contribution in [0.4, 0.5) is 10.8 Å². The van der Waals surface area contributed by atoms with Crippen molar-refractivity contribution in [3.05, 3.63) is 84.4 Å². The Balaban J connectivity index is 1.73. The van der Waals surface area contributed by atoms with E-state index in [1.807, 2.05) is 42.5 Å². The number of hydrogen-bond acceptors (Lipinski definition) is 4. The number of rotatable bonds is 5. The van der Waals surface area contributed by atoms with E-state index in [0.717, 1.165) is 33.6 Å². The molecule has 4 aromatic rings. The molecular formula is C22H20N3OS+. The van der Waals surface area contributed by atoms with Crippen LogP contribution in [0.1, 0.15) is 5.56 Å². The number of aryl methyl sites for hydroxylation is 1. The van der Waals surface area contributed by atoms with Gasteiger partial charge in [-0.1, -0.05) is 35.9 Å². The van der Waals surface area contributed by atoms with Crippen molar-refractivity contribution in [1.29, 1.82) is 0 Å². The summed E-state index contributed by atoms with van der Waals surface area (Å²) < 4.78 is 7.38. The first-order valence-electron chi connectivity index (χ1n) is 8.70. The van der Waals surface area contributed by atoms with Crippen molar-refractivity contribution >= 4 is 22.4 Å². The zero-order valence-electron chi connectivity index (χ0n) is 15.2. The summed E-state index contributed by atoms with van der Waals surface area (Å²) in [6, 6.07) is 26.6. The minimum Gasteiger partial charge on any atom is -0.497 e. The van der Waals surface area contributed by atoms with Gasteiger partial charge < -0.3 is 10.1 Å². The molecule has 5 heteroatoms. The third-order valence-electron chi connectivity index (χ3n) is 4.22. The van der Waals surface area contributed by atoms with Crippen LogP contribution in [0.2, 0.25) is 0 Å². The zero-order valence-corrected chi connectivity index (χ0v) is 16.0. The maximum atomic E-state index is 5.22. The van der Waals surface area contributed by atoms with E-state index in [9.17, 15) is 0 Å². The average Bonchev–Trinajstić information content (AvgIpc) is 3.13. The van der Waals surface area contributed by atoms with Crippen molar-refractivity contribution < 1.29 is 8.69 Å². The normalized spacial score (nSPS) is 10.6. The molecule has 3 aromatic carbocycles. The van der Waals surface area contributed by atoms with Crippen LogP contribution in [-0.4, -0.2) is 12.1 Å². The van der Waals surface area contributed by atoms with E-state index in [2.05, 4.69) is 52.6 Å². The van der Waals surface area contributed by atoms with Crippen LogP contribution in [0.5, 0.6) is 5.75 Å². The smallest absolute Gasteiger partial charge is 0.350 e. The fraction of sp³-hybridized carbons (Fsp3) is 0.0909. The summed E-state index contributed by atoms with van der Waals surface area (Å²) in [5, 5.41) is 4.23. The van der Waals surface area contributed by atoms with Crippen LogP contribution in [0.25, 0.3) is 17.1 Å². The predicted octanol–water partition coefficient (Wildman–Crippen LogP) is 5.15. The first kappa shape index (κ1) is 17.2. The van der Waals surface area contributed by atoms with Gasteiger partial charge >= 0.3 is 11.0 Å². The van der Waals surface area contributed by atoms with Crippen LogP contribution in [-0.2, 0) is 0 Å². The molecule has 1 aromatic heterocycles. The van der Waals surface area contributed by atoms with Gasteiger partial charge in [0.15, 0.2) is 0 Å². The molecule has 0 unspecified atom stereocenters. The Hall–Kier alpha value is -3.18. The van der Waals surface area contributed by atoms with Gasteiger partial charge in [-0.3, -0.25) is 0 Å². The van der Waals surface area contributed by atoms with Crippen LogP contribution < -0.4 is 14.0 Å². The van der Waals surface area contributed by atoms with Gasteiger partial charge in [0, 0.05) is 5.69 Å². The number of anilines is 2. The fourth-order valence-electron chi connectivity index (χ4n) is 2.76. The van der Waals surface area contributed by atoms with Crippen molar-refractivity contribution in [1.82, 2.24) is 4.98 Å². The number of aromatic nitrogens is 2. The number of ether oxygens (including phenoxy) is 1. The van der Waals surface area contributed by atoms with Crippen LogP contribution in [0.3, 0.4) is 0 Å². The van der Waals surface area contributed by atoms with Crippen LogP contribution >= 0.6 is 11.5 Å². The molecular weight excluding hydrogens is 354 g/mol. The third kappa shape index (κ3) is 3.83. The van der Waals surface area contributed by atoms with Gasteiger partial charge in [0.25, 0.3) is 0 Å². The second-order valence-electron chi connectivity index (χ2n) is 6.18. The predicted molar refractivity (Wildman–Crippen MR) is 110 cm³/mol. The molecule has 4 rings (SSSR count). The minimum atomic E-state index is 0.833. The average molecular weight is 374 g/mol. The van der Waals surface area contributed by atoms with Crippen LogP contribution in [0.15, 0.2) is 78.9 Å². The molecule has 0 saturated heterocycles. The Bertz CT molecular complexity index is 1030. The Morgan fingerprint density at radius 3 is 2.26 bits per heavy atom. The van der Waals surface area contributed by atoms with Crippen molar-refractivity contribution in [3.63, 3.8) is 0 Å². The Morgan fingerprint density at radius 1 is 0.889 bits per heavy atom. The van der Waals surface area contributed by atoms with Gasteiger partial charge in [-0.2, -0.15) is 0 Å². The summed E-state index contributed by atoms with van der Waals surface area (Å²) in [6.07, 6.45) is 0.